The molecular formula is C10H17NO. The van der Waals surface area contributed by atoms with Gasteiger partial charge >= 0.3 is 0 Å². The Morgan fingerprint density at radius 3 is 3.08 bits per heavy atom. The molecule has 0 aliphatic carbocycles. The molecule has 0 spiro atoms. The van der Waals surface area contributed by atoms with Crippen LogP contribution in [0, 0.1) is 11.8 Å². The molecule has 0 bridgehead atoms. The predicted octanol–water partition coefficient (Wildman–Crippen LogP) is 1.12. The molecule has 1 saturated heterocycles. The zero-order valence-electron chi connectivity index (χ0n) is 7.97. The van der Waals surface area contributed by atoms with E-state index in [1.807, 2.05) is 6.92 Å². The van der Waals surface area contributed by atoms with Crippen molar-refractivity contribution in [2.45, 2.75) is 26.3 Å². The minimum absolute atomic E-state index is 0.567. The lowest BCUT2D eigenvalue weighted by Crippen LogP contribution is -2.43. The van der Waals surface area contributed by atoms with E-state index < -0.39 is 0 Å². The number of morpholine rings is 1. The van der Waals surface area contributed by atoms with E-state index in [-0.39, 0.29) is 0 Å². The summed E-state index contributed by atoms with van der Waals surface area (Å²) >= 11 is 0. The van der Waals surface area contributed by atoms with Crippen molar-refractivity contribution in [3.05, 3.63) is 0 Å². The number of hydrogen-bond acceptors (Lipinski definition) is 2. The first kappa shape index (κ1) is 9.57. The Balaban J connectivity index is 2.23. The van der Waals surface area contributed by atoms with E-state index in [4.69, 9.17) is 4.74 Å². The maximum absolute atomic E-state index is 5.34. The highest BCUT2D eigenvalue weighted by Crippen LogP contribution is 2.05. The van der Waals surface area contributed by atoms with Crippen LogP contribution in [-0.4, -0.2) is 37.2 Å². The van der Waals surface area contributed by atoms with Crippen LogP contribution in [0.15, 0.2) is 0 Å². The normalized spacial score (nSPS) is 24.7. The Morgan fingerprint density at radius 2 is 2.42 bits per heavy atom. The van der Waals surface area contributed by atoms with Gasteiger partial charge in [0.2, 0.25) is 0 Å². The van der Waals surface area contributed by atoms with Gasteiger partial charge in [0.05, 0.1) is 13.2 Å². The summed E-state index contributed by atoms with van der Waals surface area (Å²) in [6.07, 6.45) is 0.987. The maximum Gasteiger partial charge on any atom is 0.0619 e. The van der Waals surface area contributed by atoms with Crippen molar-refractivity contribution in [2.75, 3.05) is 26.3 Å². The smallest absolute Gasteiger partial charge is 0.0619 e. The van der Waals surface area contributed by atoms with Crippen LogP contribution in [0.5, 0.6) is 0 Å². The van der Waals surface area contributed by atoms with Gasteiger partial charge in [0, 0.05) is 25.6 Å². The molecule has 2 heteroatoms. The number of ether oxygens (including phenoxy) is 1. The van der Waals surface area contributed by atoms with Crippen LogP contribution < -0.4 is 0 Å². The molecule has 1 fully saturated rings. The zero-order valence-corrected chi connectivity index (χ0v) is 7.97. The van der Waals surface area contributed by atoms with Crippen molar-refractivity contribution in [1.29, 1.82) is 0 Å². The molecule has 0 saturated carbocycles. The van der Waals surface area contributed by atoms with Crippen molar-refractivity contribution in [1.82, 2.24) is 4.90 Å². The third-order valence-corrected chi connectivity index (χ3v) is 2.21. The SMILES string of the molecule is CC#CCCN1CCOC[C@H]1C. The molecule has 0 radical (unpaired) electrons. The van der Waals surface area contributed by atoms with Crippen LogP contribution in [0.1, 0.15) is 20.3 Å². The predicted molar refractivity (Wildman–Crippen MR) is 49.9 cm³/mol. The van der Waals surface area contributed by atoms with Crippen molar-refractivity contribution >= 4 is 0 Å². The van der Waals surface area contributed by atoms with Crippen LogP contribution in [0.25, 0.3) is 0 Å². The summed E-state index contributed by atoms with van der Waals surface area (Å²) in [4.78, 5) is 2.44. The highest BCUT2D eigenvalue weighted by Gasteiger charge is 2.17. The summed E-state index contributed by atoms with van der Waals surface area (Å²) < 4.78 is 5.34. The van der Waals surface area contributed by atoms with Crippen molar-refractivity contribution < 1.29 is 4.74 Å². The highest BCUT2D eigenvalue weighted by atomic mass is 16.5. The van der Waals surface area contributed by atoms with Crippen LogP contribution in [0.2, 0.25) is 0 Å². The molecule has 1 rings (SSSR count). The minimum atomic E-state index is 0.567. The monoisotopic (exact) mass is 167 g/mol. The number of rotatable bonds is 2. The number of hydrogen-bond donors (Lipinski definition) is 0. The van der Waals surface area contributed by atoms with Gasteiger partial charge in [0.1, 0.15) is 0 Å². The van der Waals surface area contributed by atoms with Gasteiger partial charge in [0.25, 0.3) is 0 Å². The summed E-state index contributed by atoms with van der Waals surface area (Å²) in [6, 6.07) is 0.567. The molecule has 0 amide bonds. The van der Waals surface area contributed by atoms with Gasteiger partial charge in [0.15, 0.2) is 0 Å². The third-order valence-electron chi connectivity index (χ3n) is 2.21. The van der Waals surface area contributed by atoms with Crippen molar-refractivity contribution in [3.8, 4) is 11.8 Å². The maximum atomic E-state index is 5.34. The lowest BCUT2D eigenvalue weighted by molar-refractivity contribution is 0.000896. The second-order valence-electron chi connectivity index (χ2n) is 3.14. The molecule has 1 aliphatic heterocycles. The fraction of sp³-hybridized carbons (Fsp3) is 0.800. The summed E-state index contributed by atoms with van der Waals surface area (Å²) in [7, 11) is 0. The first-order valence-electron chi connectivity index (χ1n) is 4.56. The van der Waals surface area contributed by atoms with E-state index in [9.17, 15) is 0 Å². The third kappa shape index (κ3) is 2.84. The summed E-state index contributed by atoms with van der Waals surface area (Å²) in [6.45, 7) is 8.00. The summed E-state index contributed by atoms with van der Waals surface area (Å²) in [5.41, 5.74) is 0. The second kappa shape index (κ2) is 5.18. The van der Waals surface area contributed by atoms with E-state index >= 15 is 0 Å². The molecule has 2 nitrogen and oxygen atoms in total. The molecule has 0 aromatic carbocycles. The molecule has 68 valence electrons. The molecule has 1 aliphatic rings. The molecule has 1 heterocycles. The second-order valence-corrected chi connectivity index (χ2v) is 3.14. The first-order chi connectivity index (χ1) is 5.84. The van der Waals surface area contributed by atoms with Crippen LogP contribution in [0.4, 0.5) is 0 Å². The topological polar surface area (TPSA) is 12.5 Å². The largest absolute Gasteiger partial charge is 0.379 e. The van der Waals surface area contributed by atoms with Crippen LogP contribution in [0.3, 0.4) is 0 Å². The number of nitrogens with zero attached hydrogens (tertiary/aromatic N) is 1. The van der Waals surface area contributed by atoms with Crippen LogP contribution >= 0.6 is 0 Å². The van der Waals surface area contributed by atoms with Crippen molar-refractivity contribution in [2.24, 2.45) is 0 Å². The lowest BCUT2D eigenvalue weighted by Gasteiger charge is -2.32. The van der Waals surface area contributed by atoms with E-state index in [2.05, 4.69) is 23.7 Å². The zero-order chi connectivity index (χ0) is 8.81. The highest BCUT2D eigenvalue weighted by molar-refractivity contribution is 4.95. The van der Waals surface area contributed by atoms with Crippen LogP contribution in [-0.2, 0) is 4.74 Å². The summed E-state index contributed by atoms with van der Waals surface area (Å²) in [5, 5.41) is 0. The van der Waals surface area contributed by atoms with Crippen molar-refractivity contribution in [3.63, 3.8) is 0 Å². The Labute approximate surface area is 74.9 Å². The fourth-order valence-corrected chi connectivity index (χ4v) is 1.42. The molecule has 12 heavy (non-hydrogen) atoms. The van der Waals surface area contributed by atoms with Gasteiger partial charge < -0.3 is 4.74 Å². The molecule has 0 aromatic rings. The Bertz CT molecular complexity index is 180. The lowest BCUT2D eigenvalue weighted by atomic mass is 10.2. The average Bonchev–Trinajstić information content (AvgIpc) is 2.09. The first-order valence-corrected chi connectivity index (χ1v) is 4.56. The minimum Gasteiger partial charge on any atom is -0.379 e. The average molecular weight is 167 g/mol. The molecule has 0 aromatic heterocycles. The summed E-state index contributed by atoms with van der Waals surface area (Å²) in [5.74, 6) is 6.00. The Kier molecular flexibility index (Phi) is 4.13. The van der Waals surface area contributed by atoms with Gasteiger partial charge in [-0.15, -0.1) is 11.8 Å². The van der Waals surface area contributed by atoms with E-state index in [0.29, 0.717) is 6.04 Å². The molecule has 1 atom stereocenters. The van der Waals surface area contributed by atoms with E-state index in [1.165, 1.54) is 0 Å². The standard InChI is InChI=1S/C10H17NO/c1-3-4-5-6-11-7-8-12-9-10(11)2/h10H,5-9H2,1-2H3/t10-/m1/s1. The van der Waals surface area contributed by atoms with Gasteiger partial charge in [-0.2, -0.15) is 0 Å². The molecular weight excluding hydrogens is 150 g/mol. The van der Waals surface area contributed by atoms with E-state index in [1.54, 1.807) is 0 Å². The molecule has 0 unspecified atom stereocenters. The fourth-order valence-electron chi connectivity index (χ4n) is 1.42. The van der Waals surface area contributed by atoms with Gasteiger partial charge in [-0.25, -0.2) is 0 Å². The molecule has 0 N–H and O–H groups in total. The Hall–Kier alpha value is -0.520. The Morgan fingerprint density at radius 1 is 1.58 bits per heavy atom. The van der Waals surface area contributed by atoms with Gasteiger partial charge in [-0.05, 0) is 13.8 Å². The van der Waals surface area contributed by atoms with E-state index in [0.717, 1.165) is 32.7 Å². The van der Waals surface area contributed by atoms with Gasteiger partial charge in [-0.1, -0.05) is 0 Å². The quantitative estimate of drug-likeness (QED) is 0.571. The van der Waals surface area contributed by atoms with Gasteiger partial charge in [-0.3, -0.25) is 4.90 Å².